The summed E-state index contributed by atoms with van der Waals surface area (Å²) in [4.78, 5) is 0. The lowest BCUT2D eigenvalue weighted by Crippen LogP contribution is -2.58. The zero-order valence-electron chi connectivity index (χ0n) is 7.14. The van der Waals surface area contributed by atoms with Gasteiger partial charge < -0.3 is 10.4 Å². The van der Waals surface area contributed by atoms with E-state index < -0.39 is 0 Å². The van der Waals surface area contributed by atoms with Crippen LogP contribution in [0.2, 0.25) is 0 Å². The number of fused-ring (bicyclic) bond motifs is 2. The van der Waals surface area contributed by atoms with Crippen LogP contribution in [0.3, 0.4) is 0 Å². The molecule has 2 N–H and O–H groups in total. The van der Waals surface area contributed by atoms with Gasteiger partial charge in [-0.2, -0.15) is 0 Å². The highest BCUT2D eigenvalue weighted by Gasteiger charge is 2.38. The second-order valence-corrected chi connectivity index (χ2v) is 4.39. The Bertz CT molecular complexity index is 156. The third-order valence-corrected chi connectivity index (χ3v) is 3.08. The summed E-state index contributed by atoms with van der Waals surface area (Å²) in [5.74, 6) is 0. The zero-order valence-corrected chi connectivity index (χ0v) is 7.14. The van der Waals surface area contributed by atoms with Crippen molar-refractivity contribution in [2.75, 3.05) is 0 Å². The summed E-state index contributed by atoms with van der Waals surface area (Å²) in [7, 11) is 0. The molecule has 0 aliphatic carbocycles. The molecule has 0 saturated carbocycles. The van der Waals surface area contributed by atoms with Crippen LogP contribution in [-0.2, 0) is 0 Å². The highest BCUT2D eigenvalue weighted by molar-refractivity contribution is 4.98. The molecule has 0 aromatic rings. The van der Waals surface area contributed by atoms with Crippen LogP contribution in [0.5, 0.6) is 0 Å². The van der Waals surface area contributed by atoms with Crippen molar-refractivity contribution in [3.8, 4) is 0 Å². The number of piperidine rings is 2. The summed E-state index contributed by atoms with van der Waals surface area (Å²) in [5.41, 5.74) is 0.251. The van der Waals surface area contributed by atoms with Gasteiger partial charge in [-0.1, -0.05) is 6.42 Å². The minimum Gasteiger partial charge on any atom is -0.393 e. The van der Waals surface area contributed by atoms with Gasteiger partial charge in [0.1, 0.15) is 0 Å². The first-order chi connectivity index (χ1) is 5.18. The van der Waals surface area contributed by atoms with Gasteiger partial charge >= 0.3 is 0 Å². The maximum absolute atomic E-state index is 9.54. The number of nitrogens with one attached hydrogen (secondary N) is 1. The summed E-state index contributed by atoms with van der Waals surface area (Å²) in [5, 5.41) is 13.1. The molecule has 3 unspecified atom stereocenters. The van der Waals surface area contributed by atoms with Crippen molar-refractivity contribution in [2.24, 2.45) is 0 Å². The third kappa shape index (κ3) is 1.42. The molecule has 2 nitrogen and oxygen atoms in total. The standard InChI is InChI=1S/C9H17NO/c1-9-4-2-3-7(10-9)5-8(11)6-9/h7-8,10-11H,2-6H2,1H3. The minimum absolute atomic E-state index is 0.0495. The van der Waals surface area contributed by atoms with E-state index in [-0.39, 0.29) is 11.6 Å². The molecule has 0 spiro atoms. The predicted octanol–water partition coefficient (Wildman–Crippen LogP) is 1.04. The summed E-state index contributed by atoms with van der Waals surface area (Å²) >= 11 is 0. The van der Waals surface area contributed by atoms with Gasteiger partial charge in [0.05, 0.1) is 6.10 Å². The van der Waals surface area contributed by atoms with E-state index >= 15 is 0 Å². The lowest BCUT2D eigenvalue weighted by atomic mass is 9.76. The van der Waals surface area contributed by atoms with Crippen molar-refractivity contribution >= 4 is 0 Å². The monoisotopic (exact) mass is 155 g/mol. The van der Waals surface area contributed by atoms with E-state index in [1.165, 1.54) is 19.3 Å². The summed E-state index contributed by atoms with van der Waals surface area (Å²) in [6.45, 7) is 2.24. The molecular weight excluding hydrogens is 138 g/mol. The Labute approximate surface area is 68.0 Å². The molecule has 2 heteroatoms. The average molecular weight is 155 g/mol. The van der Waals surface area contributed by atoms with Crippen molar-refractivity contribution in [3.63, 3.8) is 0 Å². The number of rotatable bonds is 0. The van der Waals surface area contributed by atoms with Crippen LogP contribution >= 0.6 is 0 Å². The second kappa shape index (κ2) is 2.46. The van der Waals surface area contributed by atoms with Crippen LogP contribution < -0.4 is 5.32 Å². The van der Waals surface area contributed by atoms with Gasteiger partial charge in [0.25, 0.3) is 0 Å². The molecule has 0 aromatic heterocycles. The highest BCUT2D eigenvalue weighted by atomic mass is 16.3. The molecule has 2 bridgehead atoms. The van der Waals surface area contributed by atoms with Crippen molar-refractivity contribution in [1.29, 1.82) is 0 Å². The topological polar surface area (TPSA) is 32.3 Å². The fourth-order valence-corrected chi connectivity index (χ4v) is 2.65. The number of hydrogen-bond acceptors (Lipinski definition) is 2. The molecule has 2 saturated heterocycles. The van der Waals surface area contributed by atoms with Gasteiger partial charge in [0.15, 0.2) is 0 Å². The number of aliphatic hydroxyl groups is 1. The van der Waals surface area contributed by atoms with Crippen LogP contribution in [0.1, 0.15) is 39.0 Å². The van der Waals surface area contributed by atoms with Crippen molar-refractivity contribution in [3.05, 3.63) is 0 Å². The largest absolute Gasteiger partial charge is 0.393 e. The van der Waals surface area contributed by atoms with Gasteiger partial charge in [0, 0.05) is 11.6 Å². The SMILES string of the molecule is CC12CCCC(CC(O)C1)N2. The second-order valence-electron chi connectivity index (χ2n) is 4.39. The Balaban J connectivity index is 2.09. The van der Waals surface area contributed by atoms with Crippen LogP contribution in [0.25, 0.3) is 0 Å². The van der Waals surface area contributed by atoms with E-state index in [9.17, 15) is 5.11 Å². The van der Waals surface area contributed by atoms with E-state index in [1.807, 2.05) is 0 Å². The van der Waals surface area contributed by atoms with Gasteiger partial charge in [-0.3, -0.25) is 0 Å². The van der Waals surface area contributed by atoms with Gasteiger partial charge in [-0.25, -0.2) is 0 Å². The van der Waals surface area contributed by atoms with Crippen LogP contribution in [0.15, 0.2) is 0 Å². The molecule has 2 rings (SSSR count). The van der Waals surface area contributed by atoms with Crippen LogP contribution in [0.4, 0.5) is 0 Å². The predicted molar refractivity (Wildman–Crippen MR) is 44.4 cm³/mol. The Kier molecular flexibility index (Phi) is 1.69. The van der Waals surface area contributed by atoms with Crippen molar-refractivity contribution in [2.45, 2.75) is 56.7 Å². The first-order valence-electron chi connectivity index (χ1n) is 4.64. The molecule has 2 fully saturated rings. The molecule has 0 radical (unpaired) electrons. The van der Waals surface area contributed by atoms with E-state index in [0.29, 0.717) is 6.04 Å². The Hall–Kier alpha value is -0.0800. The molecule has 2 heterocycles. The molecule has 64 valence electrons. The first-order valence-corrected chi connectivity index (χ1v) is 4.64. The Morgan fingerprint density at radius 2 is 2.36 bits per heavy atom. The maximum atomic E-state index is 9.54. The molecule has 0 amide bonds. The van der Waals surface area contributed by atoms with Gasteiger partial charge in [-0.15, -0.1) is 0 Å². The molecule has 3 atom stereocenters. The quantitative estimate of drug-likeness (QED) is 0.548. The van der Waals surface area contributed by atoms with Crippen LogP contribution in [-0.4, -0.2) is 22.8 Å². The van der Waals surface area contributed by atoms with E-state index in [0.717, 1.165) is 12.8 Å². The lowest BCUT2D eigenvalue weighted by molar-refractivity contribution is 0.0354. The van der Waals surface area contributed by atoms with E-state index in [2.05, 4.69) is 12.2 Å². The Morgan fingerprint density at radius 1 is 1.55 bits per heavy atom. The third-order valence-electron chi connectivity index (χ3n) is 3.08. The van der Waals surface area contributed by atoms with Gasteiger partial charge in [0.2, 0.25) is 0 Å². The smallest absolute Gasteiger partial charge is 0.0572 e. The highest BCUT2D eigenvalue weighted by Crippen LogP contribution is 2.33. The average Bonchev–Trinajstić information content (AvgIpc) is 1.82. The number of aliphatic hydroxyl groups excluding tert-OH is 1. The first kappa shape index (κ1) is 7.56. The summed E-state index contributed by atoms with van der Waals surface area (Å²) in [6.07, 6.45) is 5.69. The molecule has 11 heavy (non-hydrogen) atoms. The number of hydrogen-bond donors (Lipinski definition) is 2. The zero-order chi connectivity index (χ0) is 7.90. The minimum atomic E-state index is -0.0495. The van der Waals surface area contributed by atoms with E-state index in [1.54, 1.807) is 0 Å². The fraction of sp³-hybridized carbons (Fsp3) is 1.00. The maximum Gasteiger partial charge on any atom is 0.0572 e. The van der Waals surface area contributed by atoms with Crippen molar-refractivity contribution < 1.29 is 5.11 Å². The molecule has 2 aliphatic rings. The Morgan fingerprint density at radius 3 is 3.09 bits per heavy atom. The summed E-state index contributed by atoms with van der Waals surface area (Å²) in [6, 6.07) is 0.595. The fourth-order valence-electron chi connectivity index (χ4n) is 2.65. The lowest BCUT2D eigenvalue weighted by Gasteiger charge is -2.46. The van der Waals surface area contributed by atoms with E-state index in [4.69, 9.17) is 0 Å². The van der Waals surface area contributed by atoms with Crippen molar-refractivity contribution in [1.82, 2.24) is 5.32 Å². The van der Waals surface area contributed by atoms with Gasteiger partial charge in [-0.05, 0) is 32.6 Å². The normalized spacial score (nSPS) is 50.7. The summed E-state index contributed by atoms with van der Waals surface area (Å²) < 4.78 is 0. The molecular formula is C9H17NO. The van der Waals surface area contributed by atoms with Crippen LogP contribution in [0, 0.1) is 0 Å². The molecule has 0 aromatic carbocycles. The molecule has 2 aliphatic heterocycles.